The fourth-order valence-corrected chi connectivity index (χ4v) is 2.32. The van der Waals surface area contributed by atoms with Gasteiger partial charge in [-0.15, -0.1) is 0 Å². The number of nitrogens with two attached hydrogens (primary N) is 1. The van der Waals surface area contributed by atoms with E-state index in [4.69, 9.17) is 5.73 Å². The zero-order valence-electron chi connectivity index (χ0n) is 9.71. The minimum Gasteiger partial charge on any atom is -0.355 e. The van der Waals surface area contributed by atoms with E-state index < -0.39 is 0 Å². The first kappa shape index (κ1) is 12.6. The van der Waals surface area contributed by atoms with Crippen LogP contribution in [0.2, 0.25) is 0 Å². The van der Waals surface area contributed by atoms with Gasteiger partial charge in [0.2, 0.25) is 5.91 Å². The molecule has 0 heterocycles. The van der Waals surface area contributed by atoms with Crippen LogP contribution in [0.3, 0.4) is 0 Å². The molecular weight excluding hydrogens is 280 g/mol. The molecule has 92 valence electrons. The Bertz CT molecular complexity index is 416. The first-order chi connectivity index (χ1) is 8.16. The number of benzene rings is 1. The van der Waals surface area contributed by atoms with Crippen LogP contribution >= 0.6 is 15.9 Å². The second-order valence-corrected chi connectivity index (χ2v) is 5.54. The zero-order chi connectivity index (χ0) is 12.3. The molecule has 1 saturated carbocycles. The molecule has 4 heteroatoms. The highest BCUT2D eigenvalue weighted by Gasteiger charge is 2.48. The van der Waals surface area contributed by atoms with E-state index in [2.05, 4.69) is 33.4 Å². The molecule has 3 nitrogen and oxygen atoms in total. The molecular formula is C13H17BrN2O. The predicted molar refractivity (Wildman–Crippen MR) is 71.6 cm³/mol. The van der Waals surface area contributed by atoms with Crippen LogP contribution in [0.4, 0.5) is 0 Å². The summed E-state index contributed by atoms with van der Waals surface area (Å²) >= 11 is 3.43. The van der Waals surface area contributed by atoms with Gasteiger partial charge in [-0.1, -0.05) is 28.1 Å². The molecule has 0 atom stereocenters. The second-order valence-electron chi connectivity index (χ2n) is 4.62. The van der Waals surface area contributed by atoms with E-state index in [1.54, 1.807) is 0 Å². The van der Waals surface area contributed by atoms with Crippen molar-refractivity contribution in [2.75, 3.05) is 13.1 Å². The average molecular weight is 297 g/mol. The summed E-state index contributed by atoms with van der Waals surface area (Å²) in [6.07, 6.45) is 2.73. The van der Waals surface area contributed by atoms with E-state index in [1.807, 2.05) is 12.1 Å². The van der Waals surface area contributed by atoms with Gasteiger partial charge in [-0.2, -0.15) is 0 Å². The van der Waals surface area contributed by atoms with Crippen molar-refractivity contribution < 1.29 is 4.79 Å². The van der Waals surface area contributed by atoms with Gasteiger partial charge in [0.25, 0.3) is 0 Å². The Morgan fingerprint density at radius 3 is 2.82 bits per heavy atom. The fraction of sp³-hybridized carbons (Fsp3) is 0.462. The van der Waals surface area contributed by atoms with Gasteiger partial charge in [0.05, 0.1) is 5.41 Å². The number of nitrogens with one attached hydrogen (secondary N) is 1. The molecule has 0 saturated heterocycles. The van der Waals surface area contributed by atoms with Crippen LogP contribution in [0, 0.1) is 5.41 Å². The van der Waals surface area contributed by atoms with Gasteiger partial charge in [-0.3, -0.25) is 4.79 Å². The third kappa shape index (κ3) is 3.07. The van der Waals surface area contributed by atoms with Gasteiger partial charge in [0.15, 0.2) is 0 Å². The summed E-state index contributed by atoms with van der Waals surface area (Å²) in [6.45, 7) is 1.15. The van der Waals surface area contributed by atoms with E-state index in [9.17, 15) is 4.79 Å². The molecule has 3 N–H and O–H groups in total. The Labute approximate surface area is 110 Å². The number of hydrogen-bond donors (Lipinski definition) is 2. The number of hydrogen-bond acceptors (Lipinski definition) is 2. The van der Waals surface area contributed by atoms with E-state index in [1.165, 1.54) is 5.56 Å². The standard InChI is InChI=1S/C13H17BrN2O/c14-11-3-1-2-10(8-11)4-7-16-12(17)13(9-15)5-6-13/h1-3,8H,4-7,9,15H2,(H,16,17). The molecule has 0 aromatic heterocycles. The monoisotopic (exact) mass is 296 g/mol. The number of carbonyl (C=O) groups is 1. The van der Waals surface area contributed by atoms with Crippen LogP contribution in [0.15, 0.2) is 28.7 Å². The maximum atomic E-state index is 11.8. The van der Waals surface area contributed by atoms with Crippen molar-refractivity contribution in [1.82, 2.24) is 5.32 Å². The Morgan fingerprint density at radius 2 is 2.24 bits per heavy atom. The molecule has 0 aliphatic heterocycles. The molecule has 1 aromatic rings. The summed E-state index contributed by atoms with van der Waals surface area (Å²) in [5.41, 5.74) is 6.59. The zero-order valence-corrected chi connectivity index (χ0v) is 11.3. The van der Waals surface area contributed by atoms with E-state index >= 15 is 0 Å². The predicted octanol–water partition coefficient (Wildman–Crippen LogP) is 1.85. The second kappa shape index (κ2) is 5.19. The summed E-state index contributed by atoms with van der Waals surface area (Å²) < 4.78 is 1.07. The normalized spacial score (nSPS) is 16.6. The topological polar surface area (TPSA) is 55.1 Å². The van der Waals surface area contributed by atoms with Crippen molar-refractivity contribution >= 4 is 21.8 Å². The van der Waals surface area contributed by atoms with Gasteiger partial charge in [-0.25, -0.2) is 0 Å². The third-order valence-corrected chi connectivity index (χ3v) is 3.81. The minimum atomic E-state index is -0.239. The van der Waals surface area contributed by atoms with Crippen molar-refractivity contribution in [2.24, 2.45) is 11.1 Å². The summed E-state index contributed by atoms with van der Waals surface area (Å²) in [6, 6.07) is 8.13. The summed E-state index contributed by atoms with van der Waals surface area (Å²) in [7, 11) is 0. The SMILES string of the molecule is NCC1(C(=O)NCCc2cccc(Br)c2)CC1. The molecule has 1 aliphatic carbocycles. The fourth-order valence-electron chi connectivity index (χ4n) is 1.88. The lowest BCUT2D eigenvalue weighted by Gasteiger charge is -2.12. The summed E-state index contributed by atoms with van der Waals surface area (Å²) in [4.78, 5) is 11.8. The average Bonchev–Trinajstić information content (AvgIpc) is 3.10. The highest BCUT2D eigenvalue weighted by atomic mass is 79.9. The minimum absolute atomic E-state index is 0.120. The lowest BCUT2D eigenvalue weighted by atomic mass is 10.1. The first-order valence-corrected chi connectivity index (χ1v) is 6.68. The summed E-state index contributed by atoms with van der Waals surface area (Å²) in [5, 5.41) is 2.97. The van der Waals surface area contributed by atoms with E-state index in [0.29, 0.717) is 13.1 Å². The Hall–Kier alpha value is -0.870. The quantitative estimate of drug-likeness (QED) is 0.871. The lowest BCUT2D eigenvalue weighted by molar-refractivity contribution is -0.125. The highest BCUT2D eigenvalue weighted by Crippen LogP contribution is 2.44. The van der Waals surface area contributed by atoms with Crippen LogP contribution in [-0.4, -0.2) is 19.0 Å². The molecule has 17 heavy (non-hydrogen) atoms. The molecule has 0 bridgehead atoms. The van der Waals surface area contributed by atoms with Gasteiger partial charge in [-0.05, 0) is 37.0 Å². The number of halogens is 1. The van der Waals surface area contributed by atoms with Crippen LogP contribution < -0.4 is 11.1 Å². The number of carbonyl (C=O) groups excluding carboxylic acids is 1. The number of amides is 1. The van der Waals surface area contributed by atoms with Crippen LogP contribution in [0.5, 0.6) is 0 Å². The molecule has 2 rings (SSSR count). The van der Waals surface area contributed by atoms with E-state index in [0.717, 1.165) is 23.7 Å². The molecule has 0 radical (unpaired) electrons. The largest absolute Gasteiger partial charge is 0.355 e. The van der Waals surface area contributed by atoms with Crippen molar-refractivity contribution in [3.63, 3.8) is 0 Å². The summed E-state index contributed by atoms with van der Waals surface area (Å²) in [5.74, 6) is 0.120. The van der Waals surface area contributed by atoms with Crippen LogP contribution in [0.25, 0.3) is 0 Å². The van der Waals surface area contributed by atoms with Gasteiger partial charge >= 0.3 is 0 Å². The molecule has 1 aromatic carbocycles. The van der Waals surface area contributed by atoms with Crippen molar-refractivity contribution in [3.05, 3.63) is 34.3 Å². The molecule has 1 fully saturated rings. The van der Waals surface area contributed by atoms with Gasteiger partial charge < -0.3 is 11.1 Å². The lowest BCUT2D eigenvalue weighted by Crippen LogP contribution is -2.37. The Morgan fingerprint density at radius 1 is 1.47 bits per heavy atom. The van der Waals surface area contributed by atoms with E-state index in [-0.39, 0.29) is 11.3 Å². The van der Waals surface area contributed by atoms with Crippen LogP contribution in [0.1, 0.15) is 18.4 Å². The third-order valence-electron chi connectivity index (χ3n) is 3.31. The highest BCUT2D eigenvalue weighted by molar-refractivity contribution is 9.10. The Balaban J connectivity index is 1.78. The Kier molecular flexibility index (Phi) is 3.84. The maximum Gasteiger partial charge on any atom is 0.227 e. The maximum absolute atomic E-state index is 11.8. The van der Waals surface area contributed by atoms with Gasteiger partial charge in [0, 0.05) is 17.6 Å². The molecule has 0 unspecified atom stereocenters. The number of rotatable bonds is 5. The first-order valence-electron chi connectivity index (χ1n) is 5.89. The molecule has 1 amide bonds. The smallest absolute Gasteiger partial charge is 0.227 e. The van der Waals surface area contributed by atoms with Crippen molar-refractivity contribution in [3.8, 4) is 0 Å². The van der Waals surface area contributed by atoms with Gasteiger partial charge in [0.1, 0.15) is 0 Å². The van der Waals surface area contributed by atoms with Crippen LogP contribution in [-0.2, 0) is 11.2 Å². The van der Waals surface area contributed by atoms with Crippen molar-refractivity contribution in [1.29, 1.82) is 0 Å². The molecule has 0 spiro atoms. The molecule has 1 aliphatic rings. The van der Waals surface area contributed by atoms with Crippen molar-refractivity contribution in [2.45, 2.75) is 19.3 Å².